The van der Waals surface area contributed by atoms with Gasteiger partial charge in [0.25, 0.3) is 0 Å². The normalized spacial score (nSPS) is 14.1. The Hall–Kier alpha value is -2.77. The van der Waals surface area contributed by atoms with Crippen molar-refractivity contribution in [2.45, 2.75) is 49.9 Å². The third kappa shape index (κ3) is 11.5. The first-order valence-electron chi connectivity index (χ1n) is 10.9. The van der Waals surface area contributed by atoms with Gasteiger partial charge in [0.2, 0.25) is 23.6 Å². The van der Waals surface area contributed by atoms with Gasteiger partial charge in [-0.3, -0.25) is 19.2 Å². The molecule has 0 aliphatic rings. The van der Waals surface area contributed by atoms with E-state index in [1.807, 2.05) is 36.6 Å². The monoisotopic (exact) mass is 527 g/mol. The molecular weight excluding hydrogens is 494 g/mol. The molecule has 0 aliphatic heterocycles. The number of carboxylic acid groups (broad SMARTS) is 1. The van der Waals surface area contributed by atoms with E-state index in [4.69, 9.17) is 16.6 Å². The number of rotatable bonds is 16. The molecule has 11 nitrogen and oxygen atoms in total. The van der Waals surface area contributed by atoms with Crippen LogP contribution in [0, 0.1) is 0 Å². The zero-order chi connectivity index (χ0) is 26.4. The number of carbonyl (C=O) groups excluding carboxylic acids is 4. The Balaban J connectivity index is 2.93. The number of primary amides is 1. The summed E-state index contributed by atoms with van der Waals surface area (Å²) >= 11 is 5.36. The van der Waals surface area contributed by atoms with Crippen LogP contribution < -0.4 is 27.4 Å². The lowest BCUT2D eigenvalue weighted by atomic mass is 10.0. The van der Waals surface area contributed by atoms with Crippen molar-refractivity contribution < 1.29 is 29.1 Å². The number of hydrogen-bond donors (Lipinski definition) is 7. The average Bonchev–Trinajstić information content (AvgIpc) is 2.82. The van der Waals surface area contributed by atoms with E-state index < -0.39 is 53.8 Å². The SMILES string of the molecule is CSCCC(NC(=O)C(N)Cc1ccccc1)C(=O)NC(CCC(N)=O)C(=O)NC(CS)C(=O)O. The van der Waals surface area contributed by atoms with E-state index in [9.17, 15) is 24.0 Å². The molecule has 0 saturated heterocycles. The molecule has 4 atom stereocenters. The van der Waals surface area contributed by atoms with Crippen LogP contribution in [0.15, 0.2) is 30.3 Å². The third-order valence-electron chi connectivity index (χ3n) is 4.99. The molecule has 0 radical (unpaired) electrons. The molecule has 1 aromatic carbocycles. The van der Waals surface area contributed by atoms with E-state index in [0.717, 1.165) is 5.56 Å². The van der Waals surface area contributed by atoms with Crippen LogP contribution in [-0.4, -0.2) is 76.6 Å². The smallest absolute Gasteiger partial charge is 0.327 e. The second-order valence-electron chi connectivity index (χ2n) is 7.79. The predicted octanol–water partition coefficient (Wildman–Crippen LogP) is -0.956. The summed E-state index contributed by atoms with van der Waals surface area (Å²) in [5.74, 6) is -3.65. The molecule has 4 amide bonds. The summed E-state index contributed by atoms with van der Waals surface area (Å²) < 4.78 is 0. The number of aliphatic carboxylic acids is 1. The molecule has 1 rings (SSSR count). The average molecular weight is 528 g/mol. The lowest BCUT2D eigenvalue weighted by Gasteiger charge is -2.25. The maximum absolute atomic E-state index is 13.0. The van der Waals surface area contributed by atoms with Crippen LogP contribution >= 0.6 is 24.4 Å². The quantitative estimate of drug-likeness (QED) is 0.134. The largest absolute Gasteiger partial charge is 0.480 e. The van der Waals surface area contributed by atoms with Crippen LogP contribution in [0.2, 0.25) is 0 Å². The Morgan fingerprint density at radius 3 is 2.00 bits per heavy atom. The highest BCUT2D eigenvalue weighted by molar-refractivity contribution is 7.98. The Morgan fingerprint density at radius 1 is 0.943 bits per heavy atom. The molecule has 194 valence electrons. The summed E-state index contributed by atoms with van der Waals surface area (Å²) in [7, 11) is 0. The first kappa shape index (κ1) is 30.3. The van der Waals surface area contributed by atoms with Crippen LogP contribution in [0.5, 0.6) is 0 Å². The zero-order valence-electron chi connectivity index (χ0n) is 19.4. The van der Waals surface area contributed by atoms with Crippen LogP contribution in [0.25, 0.3) is 0 Å². The summed E-state index contributed by atoms with van der Waals surface area (Å²) in [6.45, 7) is 0. The van der Waals surface area contributed by atoms with Gasteiger partial charge < -0.3 is 32.5 Å². The molecular formula is C22H33N5O6S2. The number of nitrogens with two attached hydrogens (primary N) is 2. The van der Waals surface area contributed by atoms with Gasteiger partial charge in [0.15, 0.2) is 0 Å². The molecule has 0 saturated carbocycles. The molecule has 13 heteroatoms. The number of nitrogens with one attached hydrogen (secondary N) is 3. The van der Waals surface area contributed by atoms with Gasteiger partial charge in [-0.15, -0.1) is 0 Å². The van der Waals surface area contributed by atoms with Crippen molar-refractivity contribution >= 4 is 54.0 Å². The number of carbonyl (C=O) groups is 5. The Kier molecular flexibility index (Phi) is 13.8. The van der Waals surface area contributed by atoms with Crippen molar-refractivity contribution in [2.75, 3.05) is 17.8 Å². The third-order valence-corrected chi connectivity index (χ3v) is 6.00. The first-order valence-corrected chi connectivity index (χ1v) is 12.9. The van der Waals surface area contributed by atoms with Gasteiger partial charge in [-0.05, 0) is 36.8 Å². The van der Waals surface area contributed by atoms with Crippen molar-refractivity contribution in [2.24, 2.45) is 11.5 Å². The number of thiol groups is 1. The van der Waals surface area contributed by atoms with Crippen LogP contribution in [0.4, 0.5) is 0 Å². The number of benzene rings is 1. The Morgan fingerprint density at radius 2 is 1.49 bits per heavy atom. The number of amides is 4. The van der Waals surface area contributed by atoms with Crippen LogP contribution in [0.3, 0.4) is 0 Å². The van der Waals surface area contributed by atoms with E-state index in [0.29, 0.717) is 5.75 Å². The highest BCUT2D eigenvalue weighted by Gasteiger charge is 2.30. The van der Waals surface area contributed by atoms with E-state index >= 15 is 0 Å². The predicted molar refractivity (Wildman–Crippen MR) is 137 cm³/mol. The van der Waals surface area contributed by atoms with Crippen LogP contribution in [0.1, 0.15) is 24.8 Å². The number of carboxylic acids is 1. The molecule has 8 N–H and O–H groups in total. The molecule has 0 bridgehead atoms. The fraction of sp³-hybridized carbons (Fsp3) is 0.500. The minimum Gasteiger partial charge on any atom is -0.480 e. The standard InChI is InChI=1S/C22H33N5O6S2/c1-35-10-9-16(25-19(29)14(23)11-13-5-3-2-4-6-13)21(31)26-15(7-8-18(24)28)20(30)27-17(12-34)22(32)33/h2-6,14-17,34H,7-12,23H2,1H3,(H2,24,28)(H,25,29)(H,26,31)(H,27,30)(H,32,33). The summed E-state index contributed by atoms with van der Waals surface area (Å²) in [4.78, 5) is 60.8. The fourth-order valence-corrected chi connectivity index (χ4v) is 3.75. The fourth-order valence-electron chi connectivity index (χ4n) is 3.03. The van der Waals surface area contributed by atoms with Gasteiger partial charge in [-0.25, -0.2) is 4.79 Å². The highest BCUT2D eigenvalue weighted by atomic mass is 32.2. The maximum Gasteiger partial charge on any atom is 0.327 e. The second kappa shape index (κ2) is 16.0. The van der Waals surface area contributed by atoms with Crippen molar-refractivity contribution in [3.05, 3.63) is 35.9 Å². The van der Waals surface area contributed by atoms with Crippen molar-refractivity contribution in [3.8, 4) is 0 Å². The summed E-state index contributed by atoms with van der Waals surface area (Å²) in [6.07, 6.45) is 2.00. The van der Waals surface area contributed by atoms with Gasteiger partial charge >= 0.3 is 5.97 Å². The van der Waals surface area contributed by atoms with E-state index in [2.05, 4.69) is 28.6 Å². The van der Waals surface area contributed by atoms with Crippen molar-refractivity contribution in [1.29, 1.82) is 0 Å². The molecule has 0 spiro atoms. The van der Waals surface area contributed by atoms with Gasteiger partial charge in [0.1, 0.15) is 18.1 Å². The van der Waals surface area contributed by atoms with Crippen LogP contribution in [-0.2, 0) is 30.4 Å². The molecule has 0 aliphatic carbocycles. The lowest BCUT2D eigenvalue weighted by molar-refractivity contribution is -0.141. The molecule has 4 unspecified atom stereocenters. The lowest BCUT2D eigenvalue weighted by Crippen LogP contribution is -2.57. The molecule has 1 aromatic rings. The Labute approximate surface area is 213 Å². The number of hydrogen-bond acceptors (Lipinski definition) is 8. The van der Waals surface area contributed by atoms with Gasteiger partial charge in [-0.1, -0.05) is 30.3 Å². The van der Waals surface area contributed by atoms with E-state index in [1.165, 1.54) is 11.8 Å². The summed E-state index contributed by atoms with van der Waals surface area (Å²) in [5.41, 5.74) is 12.1. The van der Waals surface area contributed by atoms with Gasteiger partial charge in [-0.2, -0.15) is 24.4 Å². The van der Waals surface area contributed by atoms with Crippen molar-refractivity contribution in [3.63, 3.8) is 0 Å². The molecule has 0 aromatic heterocycles. The van der Waals surface area contributed by atoms with Crippen molar-refractivity contribution in [1.82, 2.24) is 16.0 Å². The zero-order valence-corrected chi connectivity index (χ0v) is 21.1. The molecule has 0 fully saturated rings. The number of thioether (sulfide) groups is 1. The van der Waals surface area contributed by atoms with E-state index in [-0.39, 0.29) is 31.4 Å². The summed E-state index contributed by atoms with van der Waals surface area (Å²) in [5, 5.41) is 16.6. The molecule has 35 heavy (non-hydrogen) atoms. The topological polar surface area (TPSA) is 194 Å². The van der Waals surface area contributed by atoms with Gasteiger partial charge in [0, 0.05) is 12.2 Å². The second-order valence-corrected chi connectivity index (χ2v) is 9.14. The van der Waals surface area contributed by atoms with E-state index in [1.54, 1.807) is 0 Å². The van der Waals surface area contributed by atoms with Gasteiger partial charge in [0.05, 0.1) is 6.04 Å². The Bertz CT molecular complexity index is 873. The first-order chi connectivity index (χ1) is 16.6. The highest BCUT2D eigenvalue weighted by Crippen LogP contribution is 2.07. The summed E-state index contributed by atoms with van der Waals surface area (Å²) in [6, 6.07) is 4.74. The minimum absolute atomic E-state index is 0.150. The molecule has 0 heterocycles. The maximum atomic E-state index is 13.0. The minimum atomic E-state index is -1.30.